The van der Waals surface area contributed by atoms with E-state index < -0.39 is 5.54 Å². The second-order valence-electron chi connectivity index (χ2n) is 6.47. The molecule has 1 atom stereocenters. The first kappa shape index (κ1) is 18.9. The van der Waals surface area contributed by atoms with Crippen molar-refractivity contribution in [1.29, 1.82) is 0 Å². The summed E-state index contributed by atoms with van der Waals surface area (Å²) in [6.07, 6.45) is 4.24. The number of Topliss-reactive ketones (excluding diaryl/α,β-unsaturated/α-hetero) is 1. The minimum absolute atomic E-state index is 0.0637. The standard InChI is InChI=1S/C17H17N9O2/c1-17(7-15(28)26(2)16(18)23-17)13-6-10(3-4-20-13)5-12(27)11-8-22-14(9-21-11)24-25-19/h3-4,6,8-9H,5,7H2,1-2H3,(H2,18,23). The fraction of sp³-hybridized carbons (Fsp3) is 0.294. The predicted octanol–water partition coefficient (Wildman–Crippen LogP) is 1.63. The molecule has 0 saturated carbocycles. The van der Waals surface area contributed by atoms with Crippen molar-refractivity contribution < 1.29 is 9.59 Å². The summed E-state index contributed by atoms with van der Waals surface area (Å²) < 4.78 is 0. The minimum atomic E-state index is -0.899. The Morgan fingerprint density at radius 2 is 2.18 bits per heavy atom. The van der Waals surface area contributed by atoms with Gasteiger partial charge in [0, 0.05) is 24.6 Å². The number of pyridine rings is 1. The number of azide groups is 1. The van der Waals surface area contributed by atoms with Crippen molar-refractivity contribution in [3.05, 3.63) is 58.1 Å². The molecule has 11 heteroatoms. The molecule has 3 rings (SSSR count). The highest BCUT2D eigenvalue weighted by molar-refractivity contribution is 5.98. The zero-order valence-electron chi connectivity index (χ0n) is 15.3. The Hall–Kier alpha value is -3.85. The highest BCUT2D eigenvalue weighted by Gasteiger charge is 2.37. The molecule has 1 unspecified atom stereocenters. The van der Waals surface area contributed by atoms with Crippen LogP contribution in [0.1, 0.15) is 35.1 Å². The number of ketones is 1. The monoisotopic (exact) mass is 379 g/mol. The zero-order valence-corrected chi connectivity index (χ0v) is 15.3. The topological polar surface area (TPSA) is 163 Å². The number of aromatic nitrogens is 3. The van der Waals surface area contributed by atoms with E-state index in [1.165, 1.54) is 17.3 Å². The van der Waals surface area contributed by atoms with Crippen molar-refractivity contribution in [2.24, 2.45) is 15.8 Å². The number of hydrogen-bond acceptors (Lipinski definition) is 8. The smallest absolute Gasteiger partial charge is 0.231 e. The molecule has 0 aromatic carbocycles. The van der Waals surface area contributed by atoms with Gasteiger partial charge in [-0.1, -0.05) is 0 Å². The molecule has 142 valence electrons. The summed E-state index contributed by atoms with van der Waals surface area (Å²) >= 11 is 0. The van der Waals surface area contributed by atoms with E-state index in [9.17, 15) is 9.59 Å². The molecule has 0 fully saturated rings. The molecular formula is C17H17N9O2. The molecule has 0 spiro atoms. The molecule has 0 saturated heterocycles. The Morgan fingerprint density at radius 3 is 2.82 bits per heavy atom. The molecule has 2 aromatic rings. The second-order valence-corrected chi connectivity index (χ2v) is 6.47. The first-order valence-corrected chi connectivity index (χ1v) is 8.30. The second kappa shape index (κ2) is 7.41. The largest absolute Gasteiger partial charge is 0.369 e. The lowest BCUT2D eigenvalue weighted by Gasteiger charge is -2.32. The van der Waals surface area contributed by atoms with Crippen molar-refractivity contribution in [3.8, 4) is 0 Å². The van der Waals surface area contributed by atoms with Crippen LogP contribution in [0, 0.1) is 0 Å². The van der Waals surface area contributed by atoms with Crippen molar-refractivity contribution in [2.75, 3.05) is 7.05 Å². The maximum atomic E-state index is 12.5. The van der Waals surface area contributed by atoms with E-state index in [4.69, 9.17) is 11.3 Å². The summed E-state index contributed by atoms with van der Waals surface area (Å²) in [6.45, 7) is 1.78. The van der Waals surface area contributed by atoms with Crippen LogP contribution < -0.4 is 5.73 Å². The molecule has 3 heterocycles. The third kappa shape index (κ3) is 3.79. The summed E-state index contributed by atoms with van der Waals surface area (Å²) in [5.74, 6) is -0.212. The third-order valence-electron chi connectivity index (χ3n) is 4.39. The van der Waals surface area contributed by atoms with Crippen LogP contribution in [0.2, 0.25) is 0 Å². The van der Waals surface area contributed by atoms with E-state index in [0.717, 1.165) is 0 Å². The summed E-state index contributed by atoms with van der Waals surface area (Å²) in [4.78, 5) is 45.1. The molecule has 28 heavy (non-hydrogen) atoms. The van der Waals surface area contributed by atoms with Crippen LogP contribution in [0.25, 0.3) is 10.4 Å². The molecule has 0 radical (unpaired) electrons. The zero-order chi connectivity index (χ0) is 20.3. The highest BCUT2D eigenvalue weighted by atomic mass is 16.2. The van der Waals surface area contributed by atoms with Gasteiger partial charge in [-0.15, -0.1) is 0 Å². The number of hydrogen-bond donors (Lipinski definition) is 1. The fourth-order valence-electron chi connectivity index (χ4n) is 2.77. The maximum Gasteiger partial charge on any atom is 0.231 e. The minimum Gasteiger partial charge on any atom is -0.369 e. The summed E-state index contributed by atoms with van der Waals surface area (Å²) in [5.41, 5.74) is 14.7. The van der Waals surface area contributed by atoms with Gasteiger partial charge in [-0.2, -0.15) is 0 Å². The Bertz CT molecular complexity index is 1010. The molecule has 0 bridgehead atoms. The molecule has 1 aliphatic rings. The van der Waals surface area contributed by atoms with Crippen molar-refractivity contribution >= 4 is 23.5 Å². The molecule has 1 aliphatic heterocycles. The number of amides is 1. The lowest BCUT2D eigenvalue weighted by atomic mass is 9.90. The van der Waals surface area contributed by atoms with Crippen molar-refractivity contribution in [1.82, 2.24) is 19.9 Å². The van der Waals surface area contributed by atoms with E-state index in [2.05, 4.69) is 30.0 Å². The van der Waals surface area contributed by atoms with E-state index in [-0.39, 0.29) is 42.0 Å². The molecule has 2 N–H and O–H groups in total. The van der Waals surface area contributed by atoms with E-state index >= 15 is 0 Å². The van der Waals surface area contributed by atoms with Gasteiger partial charge in [-0.25, -0.2) is 9.98 Å². The van der Waals surface area contributed by atoms with Gasteiger partial charge in [0.25, 0.3) is 0 Å². The third-order valence-corrected chi connectivity index (χ3v) is 4.39. The van der Waals surface area contributed by atoms with E-state index in [0.29, 0.717) is 11.3 Å². The van der Waals surface area contributed by atoms with Crippen LogP contribution in [0.5, 0.6) is 0 Å². The number of carbonyl (C=O) groups excluding carboxylic acids is 2. The van der Waals surface area contributed by atoms with Gasteiger partial charge in [0.05, 0.1) is 24.5 Å². The quantitative estimate of drug-likeness (QED) is 0.359. The van der Waals surface area contributed by atoms with Gasteiger partial charge >= 0.3 is 0 Å². The van der Waals surface area contributed by atoms with E-state index in [1.807, 2.05) is 0 Å². The van der Waals surface area contributed by atoms with E-state index in [1.54, 1.807) is 32.3 Å². The van der Waals surface area contributed by atoms with Crippen LogP contribution in [-0.2, 0) is 16.8 Å². The average molecular weight is 379 g/mol. The SMILES string of the molecule is CN1C(=O)CC(C)(c2cc(CC(=O)c3cnc(N=[N+]=[N-])cn3)ccn2)N=C1N. The predicted molar refractivity (Wildman–Crippen MR) is 99.5 cm³/mol. The summed E-state index contributed by atoms with van der Waals surface area (Å²) in [5, 5.41) is 3.31. The Balaban J connectivity index is 1.82. The first-order chi connectivity index (χ1) is 13.3. The van der Waals surface area contributed by atoms with Crippen LogP contribution >= 0.6 is 0 Å². The van der Waals surface area contributed by atoms with Crippen LogP contribution in [0.3, 0.4) is 0 Å². The number of aliphatic imine (C=N–C) groups is 1. The van der Waals surface area contributed by atoms with Crippen LogP contribution in [0.4, 0.5) is 5.82 Å². The molecule has 0 aliphatic carbocycles. The number of rotatable bonds is 5. The van der Waals surface area contributed by atoms with Gasteiger partial charge in [0.15, 0.2) is 11.7 Å². The van der Waals surface area contributed by atoms with Gasteiger partial charge < -0.3 is 5.73 Å². The number of nitrogens with two attached hydrogens (primary N) is 1. The van der Waals surface area contributed by atoms with Gasteiger partial charge in [-0.05, 0) is 35.3 Å². The van der Waals surface area contributed by atoms with Gasteiger partial charge in [0.1, 0.15) is 17.1 Å². The van der Waals surface area contributed by atoms with Crippen LogP contribution in [0.15, 0.2) is 40.8 Å². The average Bonchev–Trinajstić information content (AvgIpc) is 2.67. The molecule has 11 nitrogen and oxygen atoms in total. The Morgan fingerprint density at radius 1 is 1.39 bits per heavy atom. The summed E-state index contributed by atoms with van der Waals surface area (Å²) in [7, 11) is 1.57. The Labute approximate surface area is 160 Å². The highest BCUT2D eigenvalue weighted by Crippen LogP contribution is 2.31. The number of guanidine groups is 1. The van der Waals surface area contributed by atoms with Crippen molar-refractivity contribution in [3.63, 3.8) is 0 Å². The van der Waals surface area contributed by atoms with Gasteiger partial charge in [-0.3, -0.25) is 24.5 Å². The lowest BCUT2D eigenvalue weighted by molar-refractivity contribution is -0.128. The maximum absolute atomic E-state index is 12.5. The Kier molecular flexibility index (Phi) is 5.01. The summed E-state index contributed by atoms with van der Waals surface area (Å²) in [6, 6.07) is 3.44. The lowest BCUT2D eigenvalue weighted by Crippen LogP contribution is -2.47. The molecule has 1 amide bonds. The van der Waals surface area contributed by atoms with Crippen LogP contribution in [-0.4, -0.2) is 44.5 Å². The molecule has 2 aromatic heterocycles. The van der Waals surface area contributed by atoms with Gasteiger partial charge in [0.2, 0.25) is 5.91 Å². The van der Waals surface area contributed by atoms with Crippen molar-refractivity contribution in [2.45, 2.75) is 25.3 Å². The normalized spacial score (nSPS) is 19.0. The first-order valence-electron chi connectivity index (χ1n) is 8.30. The molecular weight excluding hydrogens is 362 g/mol. The number of carbonyl (C=O) groups is 2. The fourth-order valence-corrected chi connectivity index (χ4v) is 2.77. The number of nitrogens with zero attached hydrogens (tertiary/aromatic N) is 8.